The molecule has 0 radical (unpaired) electrons. The molecule has 1 rings (SSSR count). The first-order valence-electron chi connectivity index (χ1n) is 6.82. The fraction of sp³-hybridized carbons (Fsp3) is 0.467. The van der Waals surface area contributed by atoms with Crippen LogP contribution in [-0.4, -0.2) is 23.9 Å². The summed E-state index contributed by atoms with van der Waals surface area (Å²) in [5, 5.41) is 5.45. The van der Waals surface area contributed by atoms with Crippen LogP contribution in [0, 0.1) is 0 Å². The Hall–Kier alpha value is -2.04. The summed E-state index contributed by atoms with van der Waals surface area (Å²) >= 11 is 0. The second-order valence-corrected chi connectivity index (χ2v) is 5.19. The van der Waals surface area contributed by atoms with Crippen LogP contribution in [0.2, 0.25) is 0 Å². The van der Waals surface area contributed by atoms with Gasteiger partial charge in [-0.05, 0) is 44.9 Å². The zero-order chi connectivity index (χ0) is 15.1. The van der Waals surface area contributed by atoms with Gasteiger partial charge >= 0.3 is 0 Å². The fourth-order valence-electron chi connectivity index (χ4n) is 1.73. The Morgan fingerprint density at radius 3 is 2.25 bits per heavy atom. The Balaban J connectivity index is 2.36. The van der Waals surface area contributed by atoms with E-state index in [0.29, 0.717) is 18.5 Å². The van der Waals surface area contributed by atoms with Crippen LogP contribution >= 0.6 is 0 Å². The zero-order valence-electron chi connectivity index (χ0n) is 12.3. The Labute approximate surface area is 119 Å². The molecular weight excluding hydrogens is 254 g/mol. The van der Waals surface area contributed by atoms with E-state index in [-0.39, 0.29) is 17.9 Å². The summed E-state index contributed by atoms with van der Waals surface area (Å²) in [6, 6.07) is 6.97. The predicted molar refractivity (Wildman–Crippen MR) is 80.1 cm³/mol. The molecule has 0 fully saturated rings. The second kappa shape index (κ2) is 7.53. The van der Waals surface area contributed by atoms with E-state index < -0.39 is 6.04 Å². The van der Waals surface area contributed by atoms with Gasteiger partial charge in [0.15, 0.2) is 0 Å². The van der Waals surface area contributed by atoms with Gasteiger partial charge in [-0.25, -0.2) is 0 Å². The van der Waals surface area contributed by atoms with Crippen molar-refractivity contribution in [3.05, 3.63) is 29.8 Å². The Morgan fingerprint density at radius 2 is 1.70 bits per heavy atom. The molecule has 0 aliphatic carbocycles. The normalized spacial score (nSPS) is 12.0. The van der Waals surface area contributed by atoms with Crippen molar-refractivity contribution in [2.45, 2.75) is 45.7 Å². The lowest BCUT2D eigenvalue weighted by Crippen LogP contribution is -2.46. The van der Waals surface area contributed by atoms with Crippen LogP contribution in [0.25, 0.3) is 0 Å². The number of carbonyl (C=O) groups excluding carboxylic acids is 2. The van der Waals surface area contributed by atoms with Crippen molar-refractivity contribution in [3.63, 3.8) is 0 Å². The van der Waals surface area contributed by atoms with Gasteiger partial charge in [-0.15, -0.1) is 0 Å². The number of nitrogens with one attached hydrogen (secondary N) is 2. The maximum atomic E-state index is 11.8. The molecule has 2 amide bonds. The third kappa shape index (κ3) is 5.73. The first-order chi connectivity index (χ1) is 9.38. The van der Waals surface area contributed by atoms with Crippen molar-refractivity contribution in [1.82, 2.24) is 10.6 Å². The number of nitrogen functional groups attached to an aromatic ring is 1. The number of anilines is 1. The molecule has 110 valence electrons. The minimum atomic E-state index is -0.517. The van der Waals surface area contributed by atoms with E-state index in [0.717, 1.165) is 5.56 Å². The van der Waals surface area contributed by atoms with Gasteiger partial charge in [-0.3, -0.25) is 9.59 Å². The molecule has 0 saturated heterocycles. The Morgan fingerprint density at radius 1 is 1.10 bits per heavy atom. The van der Waals surface area contributed by atoms with Crippen LogP contribution in [0.5, 0.6) is 0 Å². The lowest BCUT2D eigenvalue weighted by atomic mass is 10.1. The molecule has 0 saturated carbocycles. The highest BCUT2D eigenvalue weighted by Gasteiger charge is 2.15. The molecule has 1 aromatic carbocycles. The van der Waals surface area contributed by atoms with Gasteiger partial charge in [-0.1, -0.05) is 12.1 Å². The molecular formula is C15H23N3O2. The number of carbonyl (C=O) groups is 2. The van der Waals surface area contributed by atoms with E-state index in [1.165, 1.54) is 0 Å². The minimum Gasteiger partial charge on any atom is -0.399 e. The van der Waals surface area contributed by atoms with E-state index >= 15 is 0 Å². The number of hydrogen-bond acceptors (Lipinski definition) is 3. The highest BCUT2D eigenvalue weighted by molar-refractivity contribution is 5.87. The molecule has 0 aliphatic heterocycles. The van der Waals surface area contributed by atoms with Crippen LogP contribution < -0.4 is 16.4 Å². The zero-order valence-corrected chi connectivity index (χ0v) is 12.3. The third-order valence-corrected chi connectivity index (χ3v) is 2.82. The molecule has 5 nitrogen and oxygen atoms in total. The summed E-state index contributed by atoms with van der Waals surface area (Å²) in [4.78, 5) is 23.4. The number of aryl methyl sites for hydroxylation is 1. The molecule has 20 heavy (non-hydrogen) atoms. The first kappa shape index (κ1) is 16.0. The number of amides is 2. The number of benzene rings is 1. The largest absolute Gasteiger partial charge is 0.399 e. The van der Waals surface area contributed by atoms with E-state index in [1.807, 2.05) is 38.1 Å². The summed E-state index contributed by atoms with van der Waals surface area (Å²) in [7, 11) is 0. The quantitative estimate of drug-likeness (QED) is 0.684. The summed E-state index contributed by atoms with van der Waals surface area (Å²) < 4.78 is 0. The van der Waals surface area contributed by atoms with Crippen molar-refractivity contribution in [3.8, 4) is 0 Å². The van der Waals surface area contributed by atoms with Crippen molar-refractivity contribution in [2.75, 3.05) is 5.73 Å². The van der Waals surface area contributed by atoms with Crippen LogP contribution in [0.3, 0.4) is 0 Å². The summed E-state index contributed by atoms with van der Waals surface area (Å²) in [5.74, 6) is -0.297. The van der Waals surface area contributed by atoms with Crippen LogP contribution in [0.4, 0.5) is 5.69 Å². The number of nitrogens with two attached hydrogens (primary N) is 1. The molecule has 0 bridgehead atoms. The predicted octanol–water partition coefficient (Wildman–Crippen LogP) is 1.23. The molecule has 1 atom stereocenters. The van der Waals surface area contributed by atoms with Crippen LogP contribution in [0.15, 0.2) is 24.3 Å². The summed E-state index contributed by atoms with van der Waals surface area (Å²) in [6.45, 7) is 5.44. The smallest absolute Gasteiger partial charge is 0.242 e. The van der Waals surface area contributed by atoms with E-state index in [9.17, 15) is 9.59 Å². The summed E-state index contributed by atoms with van der Waals surface area (Å²) in [5.41, 5.74) is 7.35. The van der Waals surface area contributed by atoms with Crippen molar-refractivity contribution in [1.29, 1.82) is 0 Å². The van der Waals surface area contributed by atoms with Gasteiger partial charge in [0.05, 0.1) is 0 Å². The van der Waals surface area contributed by atoms with Crippen molar-refractivity contribution >= 4 is 17.5 Å². The standard InChI is InChI=1S/C15H23N3O2/c1-10(2)17-15(20)11(3)18-14(19)9-6-12-4-7-13(16)8-5-12/h4-5,7-8,10-11H,6,9,16H2,1-3H3,(H,17,20)(H,18,19). The maximum absolute atomic E-state index is 11.8. The highest BCUT2D eigenvalue weighted by Crippen LogP contribution is 2.07. The van der Waals surface area contributed by atoms with Crippen LogP contribution in [-0.2, 0) is 16.0 Å². The van der Waals surface area contributed by atoms with Crippen LogP contribution in [0.1, 0.15) is 32.8 Å². The maximum Gasteiger partial charge on any atom is 0.242 e. The van der Waals surface area contributed by atoms with Gasteiger partial charge in [-0.2, -0.15) is 0 Å². The highest BCUT2D eigenvalue weighted by atomic mass is 16.2. The lowest BCUT2D eigenvalue weighted by Gasteiger charge is -2.16. The minimum absolute atomic E-state index is 0.0663. The monoisotopic (exact) mass is 277 g/mol. The van der Waals surface area contributed by atoms with E-state index in [4.69, 9.17) is 5.73 Å². The van der Waals surface area contributed by atoms with Crippen molar-refractivity contribution < 1.29 is 9.59 Å². The number of rotatable bonds is 6. The molecule has 0 spiro atoms. The van der Waals surface area contributed by atoms with Gasteiger partial charge < -0.3 is 16.4 Å². The molecule has 1 aromatic rings. The van der Waals surface area contributed by atoms with Crippen molar-refractivity contribution in [2.24, 2.45) is 0 Å². The van der Waals surface area contributed by atoms with E-state index in [2.05, 4.69) is 10.6 Å². The van der Waals surface area contributed by atoms with E-state index in [1.54, 1.807) is 6.92 Å². The van der Waals surface area contributed by atoms with Gasteiger partial charge in [0.2, 0.25) is 11.8 Å². The lowest BCUT2D eigenvalue weighted by molar-refractivity contribution is -0.128. The molecule has 4 N–H and O–H groups in total. The average molecular weight is 277 g/mol. The number of hydrogen-bond donors (Lipinski definition) is 3. The Bertz CT molecular complexity index is 455. The molecule has 5 heteroatoms. The molecule has 0 heterocycles. The Kier molecular flexibility index (Phi) is 6.03. The molecule has 1 unspecified atom stereocenters. The van der Waals surface area contributed by atoms with Gasteiger partial charge in [0.25, 0.3) is 0 Å². The molecule has 0 aromatic heterocycles. The second-order valence-electron chi connectivity index (χ2n) is 5.19. The topological polar surface area (TPSA) is 84.2 Å². The average Bonchev–Trinajstić information content (AvgIpc) is 2.37. The van der Waals surface area contributed by atoms with Gasteiger partial charge in [0, 0.05) is 18.2 Å². The SMILES string of the molecule is CC(C)NC(=O)C(C)NC(=O)CCc1ccc(N)cc1. The fourth-order valence-corrected chi connectivity index (χ4v) is 1.73. The third-order valence-electron chi connectivity index (χ3n) is 2.82. The first-order valence-corrected chi connectivity index (χ1v) is 6.82. The van der Waals surface area contributed by atoms with Gasteiger partial charge in [0.1, 0.15) is 6.04 Å². The summed E-state index contributed by atoms with van der Waals surface area (Å²) in [6.07, 6.45) is 0.980. The molecule has 0 aliphatic rings.